The lowest BCUT2D eigenvalue weighted by atomic mass is 9.79. The van der Waals surface area contributed by atoms with Gasteiger partial charge in [0.2, 0.25) is 0 Å². The number of Topliss-reactive ketones (excluding diaryl/α,β-unsaturated/α-hetero) is 1. The number of hydrogen-bond donors (Lipinski definition) is 0. The summed E-state index contributed by atoms with van der Waals surface area (Å²) in [5.74, 6) is -0.373. The molecule has 0 aromatic heterocycles. The first-order valence-electron chi connectivity index (χ1n) is 7.18. The van der Waals surface area contributed by atoms with Crippen LogP contribution in [0, 0.1) is 5.82 Å². The van der Waals surface area contributed by atoms with Crippen LogP contribution in [0.15, 0.2) is 18.2 Å². The summed E-state index contributed by atoms with van der Waals surface area (Å²) in [4.78, 5) is 12.6. The molecular formula is C16H20ClFO2. The average molecular weight is 299 g/mol. The van der Waals surface area contributed by atoms with Crippen LogP contribution in [0.2, 0.25) is 5.02 Å². The second-order valence-electron chi connectivity index (χ2n) is 5.34. The summed E-state index contributed by atoms with van der Waals surface area (Å²) in [6, 6.07) is 4.44. The van der Waals surface area contributed by atoms with Crippen LogP contribution < -0.4 is 0 Å². The molecule has 1 saturated carbocycles. The lowest BCUT2D eigenvalue weighted by molar-refractivity contribution is -0.148. The number of carbonyl (C=O) groups is 1. The Morgan fingerprint density at radius 2 is 2.05 bits per heavy atom. The van der Waals surface area contributed by atoms with Crippen LogP contribution in [0.1, 0.15) is 44.6 Å². The smallest absolute Gasteiger partial charge is 0.168 e. The van der Waals surface area contributed by atoms with E-state index in [0.29, 0.717) is 6.61 Å². The van der Waals surface area contributed by atoms with Crippen LogP contribution in [-0.2, 0) is 16.0 Å². The number of carbonyl (C=O) groups excluding carboxylic acids is 1. The van der Waals surface area contributed by atoms with Crippen LogP contribution in [0.25, 0.3) is 0 Å². The second kappa shape index (κ2) is 6.68. The van der Waals surface area contributed by atoms with Crippen LogP contribution in [0.3, 0.4) is 0 Å². The van der Waals surface area contributed by atoms with E-state index in [4.69, 9.17) is 16.3 Å². The van der Waals surface area contributed by atoms with Crippen molar-refractivity contribution in [1.82, 2.24) is 0 Å². The third-order valence-corrected chi connectivity index (χ3v) is 4.23. The molecule has 0 amide bonds. The molecule has 2 nitrogen and oxygen atoms in total. The highest BCUT2D eigenvalue weighted by Crippen LogP contribution is 2.33. The summed E-state index contributed by atoms with van der Waals surface area (Å²) in [5.41, 5.74) is 0.0967. The van der Waals surface area contributed by atoms with Gasteiger partial charge in [-0.25, -0.2) is 4.39 Å². The molecule has 1 aliphatic rings. The maximum atomic E-state index is 13.1. The molecule has 0 bridgehead atoms. The lowest BCUT2D eigenvalue weighted by Crippen LogP contribution is -2.44. The first kappa shape index (κ1) is 15.5. The molecule has 0 aliphatic heterocycles. The molecule has 4 heteroatoms. The minimum Gasteiger partial charge on any atom is -0.367 e. The Labute approximate surface area is 124 Å². The molecule has 2 rings (SSSR count). The van der Waals surface area contributed by atoms with Gasteiger partial charge in [-0.3, -0.25) is 4.79 Å². The van der Waals surface area contributed by atoms with E-state index in [0.717, 1.165) is 37.7 Å². The third-order valence-electron chi connectivity index (χ3n) is 3.94. The highest BCUT2D eigenvalue weighted by Gasteiger charge is 2.39. The predicted molar refractivity (Wildman–Crippen MR) is 77.6 cm³/mol. The number of halogens is 2. The molecule has 0 spiro atoms. The lowest BCUT2D eigenvalue weighted by Gasteiger charge is -2.35. The fraction of sp³-hybridized carbons (Fsp3) is 0.562. The van der Waals surface area contributed by atoms with Crippen molar-refractivity contribution in [3.63, 3.8) is 0 Å². The number of rotatable bonds is 5. The van der Waals surface area contributed by atoms with E-state index >= 15 is 0 Å². The van der Waals surface area contributed by atoms with E-state index < -0.39 is 11.4 Å². The maximum absolute atomic E-state index is 13.1. The van der Waals surface area contributed by atoms with Gasteiger partial charge in [0.05, 0.1) is 5.02 Å². The van der Waals surface area contributed by atoms with Gasteiger partial charge in [-0.2, -0.15) is 0 Å². The summed E-state index contributed by atoms with van der Waals surface area (Å²) in [5, 5.41) is 0.0596. The zero-order valence-electron chi connectivity index (χ0n) is 11.8. The summed E-state index contributed by atoms with van der Waals surface area (Å²) in [6.45, 7) is 2.45. The fourth-order valence-corrected chi connectivity index (χ4v) is 3.10. The van der Waals surface area contributed by atoms with E-state index in [1.165, 1.54) is 12.1 Å². The molecule has 0 saturated heterocycles. The van der Waals surface area contributed by atoms with Gasteiger partial charge in [-0.1, -0.05) is 36.9 Å². The Morgan fingerprint density at radius 3 is 2.65 bits per heavy atom. The van der Waals surface area contributed by atoms with Gasteiger partial charge in [-0.05, 0) is 37.5 Å². The maximum Gasteiger partial charge on any atom is 0.168 e. The quantitative estimate of drug-likeness (QED) is 0.809. The largest absolute Gasteiger partial charge is 0.367 e. The zero-order chi connectivity index (χ0) is 14.6. The zero-order valence-corrected chi connectivity index (χ0v) is 12.5. The summed E-state index contributed by atoms with van der Waals surface area (Å²) in [6.07, 6.45) is 5.03. The number of hydrogen-bond acceptors (Lipinski definition) is 2. The van der Waals surface area contributed by atoms with Crippen LogP contribution >= 0.6 is 11.6 Å². The van der Waals surface area contributed by atoms with Crippen molar-refractivity contribution in [2.24, 2.45) is 0 Å². The molecule has 0 radical (unpaired) electrons. The molecule has 0 heterocycles. The summed E-state index contributed by atoms with van der Waals surface area (Å²) >= 11 is 5.76. The molecule has 1 aromatic rings. The van der Waals surface area contributed by atoms with Crippen LogP contribution in [0.5, 0.6) is 0 Å². The number of ether oxygens (including phenoxy) is 1. The molecule has 20 heavy (non-hydrogen) atoms. The highest BCUT2D eigenvalue weighted by atomic mass is 35.5. The monoisotopic (exact) mass is 298 g/mol. The van der Waals surface area contributed by atoms with E-state index in [1.807, 2.05) is 6.92 Å². The second-order valence-corrected chi connectivity index (χ2v) is 5.74. The Kier molecular flexibility index (Phi) is 5.17. The van der Waals surface area contributed by atoms with Crippen LogP contribution in [0.4, 0.5) is 4.39 Å². The Hall–Kier alpha value is -0.930. The van der Waals surface area contributed by atoms with Crippen molar-refractivity contribution in [1.29, 1.82) is 0 Å². The molecule has 110 valence electrons. The molecule has 0 N–H and O–H groups in total. The van der Waals surface area contributed by atoms with E-state index in [-0.39, 0.29) is 17.2 Å². The van der Waals surface area contributed by atoms with Gasteiger partial charge in [0.25, 0.3) is 0 Å². The average Bonchev–Trinajstić information content (AvgIpc) is 2.44. The van der Waals surface area contributed by atoms with Gasteiger partial charge >= 0.3 is 0 Å². The molecule has 1 fully saturated rings. The summed E-state index contributed by atoms with van der Waals surface area (Å²) < 4.78 is 18.9. The Morgan fingerprint density at radius 1 is 1.35 bits per heavy atom. The van der Waals surface area contributed by atoms with Crippen molar-refractivity contribution in [3.05, 3.63) is 34.6 Å². The molecule has 1 aliphatic carbocycles. The van der Waals surface area contributed by atoms with E-state index in [9.17, 15) is 9.18 Å². The van der Waals surface area contributed by atoms with Gasteiger partial charge in [0.15, 0.2) is 5.78 Å². The van der Waals surface area contributed by atoms with Crippen molar-refractivity contribution in [2.75, 3.05) is 6.61 Å². The summed E-state index contributed by atoms with van der Waals surface area (Å²) in [7, 11) is 0. The number of ketones is 1. The van der Waals surface area contributed by atoms with Gasteiger partial charge < -0.3 is 4.74 Å². The van der Waals surface area contributed by atoms with Crippen LogP contribution in [-0.4, -0.2) is 18.0 Å². The first-order valence-corrected chi connectivity index (χ1v) is 7.56. The molecular weight excluding hydrogens is 279 g/mol. The van der Waals surface area contributed by atoms with Gasteiger partial charge in [0.1, 0.15) is 11.4 Å². The molecule has 0 unspecified atom stereocenters. The van der Waals surface area contributed by atoms with Gasteiger partial charge in [0, 0.05) is 13.0 Å². The predicted octanol–water partition coefficient (Wildman–Crippen LogP) is 4.33. The Balaban J connectivity index is 2.13. The van der Waals surface area contributed by atoms with E-state index in [1.54, 1.807) is 6.07 Å². The topological polar surface area (TPSA) is 26.3 Å². The minimum atomic E-state index is -0.645. The normalized spacial score (nSPS) is 17.9. The molecule has 0 atom stereocenters. The fourth-order valence-electron chi connectivity index (χ4n) is 2.90. The minimum absolute atomic E-state index is 0.0596. The Bertz CT molecular complexity index is 476. The van der Waals surface area contributed by atoms with Gasteiger partial charge in [-0.15, -0.1) is 0 Å². The third kappa shape index (κ3) is 3.39. The standard InChI is InChI=1S/C16H20ClFO2/c1-2-20-16(8-4-3-5-9-16)15(19)11-12-6-7-14(18)13(17)10-12/h6-7,10H,2-5,8-9,11H2,1H3. The number of benzene rings is 1. The SMILES string of the molecule is CCOC1(C(=O)Cc2ccc(F)c(Cl)c2)CCCCC1. The van der Waals surface area contributed by atoms with Crippen molar-refractivity contribution in [3.8, 4) is 0 Å². The van der Waals surface area contributed by atoms with Crippen molar-refractivity contribution in [2.45, 2.75) is 51.0 Å². The molecule has 1 aromatic carbocycles. The first-order chi connectivity index (χ1) is 9.57. The van der Waals surface area contributed by atoms with E-state index in [2.05, 4.69) is 0 Å². The van der Waals surface area contributed by atoms with Crippen molar-refractivity contribution >= 4 is 17.4 Å². The van der Waals surface area contributed by atoms with Crippen molar-refractivity contribution < 1.29 is 13.9 Å². The highest BCUT2D eigenvalue weighted by molar-refractivity contribution is 6.30.